The van der Waals surface area contributed by atoms with E-state index in [2.05, 4.69) is 13.8 Å². The van der Waals surface area contributed by atoms with Crippen molar-refractivity contribution in [2.75, 3.05) is 6.61 Å². The summed E-state index contributed by atoms with van der Waals surface area (Å²) in [5, 5.41) is 0. The normalized spacial score (nSPS) is 39.1. The van der Waals surface area contributed by atoms with Crippen molar-refractivity contribution < 1.29 is 23.9 Å². The molecular weight excluding hydrogens is 392 g/mol. The number of hydrogen-bond acceptors (Lipinski definition) is 5. The summed E-state index contributed by atoms with van der Waals surface area (Å²) in [6.07, 6.45) is 11.2. The number of hydrogen-bond donors (Lipinski definition) is 0. The molecular formula is C26H38O5. The van der Waals surface area contributed by atoms with Gasteiger partial charge in [0.05, 0.1) is 0 Å². The highest BCUT2D eigenvalue weighted by Crippen LogP contribution is 2.64. The SMILES string of the molecule is CCCC(=O)OCC(=O)O[C@H]1[C@@H](CC)C[C@H]2[C@@H]3CCC4=CC(=O)CC[C@@H]4[C@H]3CC[C@@]21C. The average molecular weight is 431 g/mol. The Labute approximate surface area is 186 Å². The molecule has 0 N–H and O–H groups in total. The fourth-order valence-electron chi connectivity index (χ4n) is 7.52. The molecule has 3 saturated carbocycles. The Hall–Kier alpha value is -1.65. The molecule has 0 unspecified atom stereocenters. The number of allylic oxidation sites excluding steroid dienone is 1. The van der Waals surface area contributed by atoms with Gasteiger partial charge in [0.25, 0.3) is 0 Å². The Bertz CT molecular complexity index is 755. The summed E-state index contributed by atoms with van der Waals surface area (Å²) >= 11 is 0. The van der Waals surface area contributed by atoms with Gasteiger partial charge in [0.2, 0.25) is 0 Å². The number of ketones is 1. The summed E-state index contributed by atoms with van der Waals surface area (Å²) in [5.41, 5.74) is 1.40. The van der Waals surface area contributed by atoms with E-state index in [1.807, 2.05) is 13.0 Å². The zero-order chi connectivity index (χ0) is 22.2. The van der Waals surface area contributed by atoms with Crippen LogP contribution in [-0.4, -0.2) is 30.4 Å². The molecule has 0 aliphatic heterocycles. The number of rotatable bonds is 6. The monoisotopic (exact) mass is 430 g/mol. The van der Waals surface area contributed by atoms with Crippen molar-refractivity contribution in [2.45, 2.75) is 91.1 Å². The third-order valence-electron chi connectivity index (χ3n) is 8.96. The summed E-state index contributed by atoms with van der Waals surface area (Å²) in [7, 11) is 0. The molecule has 5 heteroatoms. The molecule has 0 aromatic carbocycles. The highest BCUT2D eigenvalue weighted by atomic mass is 16.6. The first-order chi connectivity index (χ1) is 14.9. The van der Waals surface area contributed by atoms with Crippen LogP contribution >= 0.6 is 0 Å². The standard InChI is InChI=1S/C26H38O5/c1-4-6-23(28)30-15-24(29)31-25-16(5-2)14-22-21-9-7-17-13-18(27)8-10-19(17)20(21)11-12-26(22,25)3/h13,16,19-22,25H,4-12,14-15H2,1-3H3/t16-,19-,20+,21+,22-,25-,26-/m0/s1. The van der Waals surface area contributed by atoms with Crippen molar-refractivity contribution in [3.8, 4) is 0 Å². The van der Waals surface area contributed by atoms with Gasteiger partial charge in [-0.2, -0.15) is 0 Å². The molecule has 0 aromatic rings. The minimum absolute atomic E-state index is 0.00334. The number of fused-ring (bicyclic) bond motifs is 5. The van der Waals surface area contributed by atoms with Crippen molar-refractivity contribution >= 4 is 17.7 Å². The first-order valence-corrected chi connectivity index (χ1v) is 12.5. The summed E-state index contributed by atoms with van der Waals surface area (Å²) in [6, 6.07) is 0. The summed E-state index contributed by atoms with van der Waals surface area (Å²) < 4.78 is 11.1. The molecule has 7 atom stereocenters. The molecule has 31 heavy (non-hydrogen) atoms. The second-order valence-corrected chi connectivity index (χ2v) is 10.6. The maximum Gasteiger partial charge on any atom is 0.344 e. The summed E-state index contributed by atoms with van der Waals surface area (Å²) in [4.78, 5) is 36.1. The van der Waals surface area contributed by atoms with Gasteiger partial charge in [-0.1, -0.05) is 26.3 Å². The van der Waals surface area contributed by atoms with Gasteiger partial charge in [-0.3, -0.25) is 9.59 Å². The van der Waals surface area contributed by atoms with Crippen LogP contribution in [-0.2, 0) is 23.9 Å². The highest BCUT2D eigenvalue weighted by Gasteiger charge is 2.60. The minimum atomic E-state index is -0.406. The lowest BCUT2D eigenvalue weighted by Crippen LogP contribution is -2.49. The Morgan fingerprint density at radius 1 is 1.10 bits per heavy atom. The third-order valence-corrected chi connectivity index (χ3v) is 8.96. The number of esters is 2. The predicted molar refractivity (Wildman–Crippen MR) is 117 cm³/mol. The maximum absolute atomic E-state index is 12.5. The molecule has 0 saturated heterocycles. The van der Waals surface area contributed by atoms with Crippen LogP contribution in [0.15, 0.2) is 11.6 Å². The van der Waals surface area contributed by atoms with Crippen LogP contribution in [0.5, 0.6) is 0 Å². The molecule has 3 fully saturated rings. The van der Waals surface area contributed by atoms with Gasteiger partial charge in [0, 0.05) is 18.3 Å². The van der Waals surface area contributed by atoms with Gasteiger partial charge in [-0.25, -0.2) is 4.79 Å². The molecule has 172 valence electrons. The molecule has 0 heterocycles. The minimum Gasteiger partial charge on any atom is -0.459 e. The van der Waals surface area contributed by atoms with Crippen molar-refractivity contribution in [1.29, 1.82) is 0 Å². The van der Waals surface area contributed by atoms with Gasteiger partial charge < -0.3 is 9.47 Å². The number of carbonyl (C=O) groups excluding carboxylic acids is 3. The van der Waals surface area contributed by atoms with Crippen LogP contribution in [0.3, 0.4) is 0 Å². The second-order valence-electron chi connectivity index (χ2n) is 10.6. The fraction of sp³-hybridized carbons (Fsp3) is 0.808. The first kappa shape index (κ1) is 22.5. The zero-order valence-electron chi connectivity index (χ0n) is 19.4. The lowest BCUT2D eigenvalue weighted by Gasteiger charge is -2.53. The molecule has 0 spiro atoms. The first-order valence-electron chi connectivity index (χ1n) is 12.5. The Morgan fingerprint density at radius 2 is 1.90 bits per heavy atom. The van der Waals surface area contributed by atoms with Gasteiger partial charge in [-0.15, -0.1) is 0 Å². The van der Waals surface area contributed by atoms with E-state index >= 15 is 0 Å². The summed E-state index contributed by atoms with van der Waals surface area (Å²) in [5.74, 6) is 2.42. The van der Waals surface area contributed by atoms with E-state index in [-0.39, 0.29) is 24.1 Å². The van der Waals surface area contributed by atoms with Crippen LogP contribution in [0.25, 0.3) is 0 Å². The average Bonchev–Trinajstić information content (AvgIpc) is 3.04. The van der Waals surface area contributed by atoms with E-state index in [0.717, 1.165) is 44.9 Å². The van der Waals surface area contributed by atoms with E-state index < -0.39 is 5.97 Å². The molecule has 4 rings (SSSR count). The van der Waals surface area contributed by atoms with Crippen LogP contribution in [0.1, 0.15) is 85.0 Å². The van der Waals surface area contributed by atoms with Crippen molar-refractivity contribution in [1.82, 2.24) is 0 Å². The van der Waals surface area contributed by atoms with Crippen LogP contribution in [0.4, 0.5) is 0 Å². The van der Waals surface area contributed by atoms with Crippen molar-refractivity contribution in [3.05, 3.63) is 11.6 Å². The van der Waals surface area contributed by atoms with E-state index in [0.29, 0.717) is 54.6 Å². The largest absolute Gasteiger partial charge is 0.459 e. The predicted octanol–water partition coefficient (Wildman–Crippen LogP) is 5.02. The highest BCUT2D eigenvalue weighted by molar-refractivity contribution is 5.91. The Kier molecular flexibility index (Phi) is 6.60. The molecule has 4 aliphatic rings. The van der Waals surface area contributed by atoms with Crippen LogP contribution in [0.2, 0.25) is 0 Å². The lowest BCUT2D eigenvalue weighted by molar-refractivity contribution is -0.171. The number of carbonyl (C=O) groups is 3. The van der Waals surface area contributed by atoms with Gasteiger partial charge in [0.15, 0.2) is 12.4 Å². The fourth-order valence-corrected chi connectivity index (χ4v) is 7.52. The molecule has 0 bridgehead atoms. The smallest absolute Gasteiger partial charge is 0.344 e. The van der Waals surface area contributed by atoms with Gasteiger partial charge in [-0.05, 0) is 87.0 Å². The third kappa shape index (κ3) is 4.21. The lowest BCUT2D eigenvalue weighted by atomic mass is 9.52. The zero-order valence-corrected chi connectivity index (χ0v) is 19.4. The second kappa shape index (κ2) is 9.07. The van der Waals surface area contributed by atoms with E-state index in [4.69, 9.17) is 9.47 Å². The van der Waals surface area contributed by atoms with Crippen LogP contribution in [0, 0.1) is 35.0 Å². The number of ether oxygens (including phenoxy) is 2. The van der Waals surface area contributed by atoms with Gasteiger partial charge >= 0.3 is 11.9 Å². The molecule has 5 nitrogen and oxygen atoms in total. The van der Waals surface area contributed by atoms with Crippen LogP contribution < -0.4 is 0 Å². The van der Waals surface area contributed by atoms with E-state index in [1.54, 1.807) is 0 Å². The molecule has 0 aromatic heterocycles. The molecule has 4 aliphatic carbocycles. The quantitative estimate of drug-likeness (QED) is 0.554. The Balaban J connectivity index is 1.46. The topological polar surface area (TPSA) is 69.7 Å². The summed E-state index contributed by atoms with van der Waals surface area (Å²) in [6.45, 7) is 6.17. The van der Waals surface area contributed by atoms with Crippen molar-refractivity contribution in [2.24, 2.45) is 35.0 Å². The molecule has 0 radical (unpaired) electrons. The Morgan fingerprint density at radius 3 is 2.65 bits per heavy atom. The molecule has 0 amide bonds. The maximum atomic E-state index is 12.5. The van der Waals surface area contributed by atoms with Gasteiger partial charge in [0.1, 0.15) is 6.10 Å². The van der Waals surface area contributed by atoms with E-state index in [9.17, 15) is 14.4 Å². The van der Waals surface area contributed by atoms with E-state index in [1.165, 1.54) is 5.57 Å². The van der Waals surface area contributed by atoms with Crippen molar-refractivity contribution in [3.63, 3.8) is 0 Å².